The van der Waals surface area contributed by atoms with Gasteiger partial charge in [0.2, 0.25) is 0 Å². The summed E-state index contributed by atoms with van der Waals surface area (Å²) in [5.74, 6) is 0.412. The predicted molar refractivity (Wildman–Crippen MR) is 38.8 cm³/mol. The second kappa shape index (κ2) is 7.36. The van der Waals surface area contributed by atoms with Crippen molar-refractivity contribution in [3.63, 3.8) is 0 Å². The van der Waals surface area contributed by atoms with Crippen LogP contribution in [0.5, 0.6) is 0 Å². The van der Waals surface area contributed by atoms with Gasteiger partial charge in [0.05, 0.1) is 0 Å². The summed E-state index contributed by atoms with van der Waals surface area (Å²) in [4.78, 5) is 9.68. The average Bonchev–Trinajstić information content (AvgIpc) is 1.82. The zero-order chi connectivity index (χ0) is 7.28. The van der Waals surface area contributed by atoms with Crippen LogP contribution in [0.2, 0.25) is 0 Å². The van der Waals surface area contributed by atoms with Crippen LogP contribution in [-0.4, -0.2) is 6.29 Å². The van der Waals surface area contributed by atoms with Gasteiger partial charge in [-0.3, -0.25) is 0 Å². The molecule has 0 aliphatic carbocycles. The Morgan fingerprint density at radius 2 is 2.10 bits per heavy atom. The molecule has 0 aromatic heterocycles. The standard InChI is InChI=1S/C8H11O.Y/c1-7(2)8(3)5-4-6-9;/h4-5,7H,3H2,1-2H3;/q-1;. The third-order valence-corrected chi connectivity index (χ3v) is 1.11. The SMILES string of the molecule is C=C(C=C[C-]=O)C(C)C.[Y]. The Morgan fingerprint density at radius 1 is 1.60 bits per heavy atom. The first kappa shape index (κ1) is 12.9. The molecule has 0 aromatic carbocycles. The Balaban J connectivity index is 0. The minimum Gasteiger partial charge on any atom is -0.419 e. The molecule has 0 heterocycles. The quantitative estimate of drug-likeness (QED) is 0.396. The van der Waals surface area contributed by atoms with Crippen LogP contribution in [0.3, 0.4) is 0 Å². The van der Waals surface area contributed by atoms with Crippen molar-refractivity contribution in [1.29, 1.82) is 0 Å². The Morgan fingerprint density at radius 3 is 2.40 bits per heavy atom. The van der Waals surface area contributed by atoms with E-state index in [1.807, 2.05) is 13.8 Å². The molecule has 53 valence electrons. The van der Waals surface area contributed by atoms with Crippen molar-refractivity contribution in [3.8, 4) is 0 Å². The van der Waals surface area contributed by atoms with E-state index in [1.165, 1.54) is 6.08 Å². The van der Waals surface area contributed by atoms with Gasteiger partial charge in [-0.15, -0.1) is 12.2 Å². The maximum absolute atomic E-state index is 9.68. The normalized spacial score (nSPS) is 9.50. The zero-order valence-corrected chi connectivity index (χ0v) is 9.26. The van der Waals surface area contributed by atoms with E-state index < -0.39 is 0 Å². The summed E-state index contributed by atoms with van der Waals surface area (Å²) in [6.07, 6.45) is 4.68. The molecular weight excluding hydrogens is 201 g/mol. The minimum atomic E-state index is 0. The topological polar surface area (TPSA) is 17.1 Å². The van der Waals surface area contributed by atoms with Crippen LogP contribution in [0.4, 0.5) is 0 Å². The number of hydrogen-bond acceptors (Lipinski definition) is 1. The van der Waals surface area contributed by atoms with Crippen LogP contribution in [0.1, 0.15) is 13.8 Å². The molecule has 0 spiro atoms. The average molecular weight is 212 g/mol. The van der Waals surface area contributed by atoms with Gasteiger partial charge >= 0.3 is 0 Å². The van der Waals surface area contributed by atoms with Gasteiger partial charge < -0.3 is 4.79 Å². The van der Waals surface area contributed by atoms with E-state index in [0.29, 0.717) is 5.92 Å². The van der Waals surface area contributed by atoms with Gasteiger partial charge in [0.15, 0.2) is 0 Å². The van der Waals surface area contributed by atoms with Gasteiger partial charge in [0, 0.05) is 32.7 Å². The van der Waals surface area contributed by atoms with Crippen molar-refractivity contribution >= 4 is 6.29 Å². The fraction of sp³-hybridized carbons (Fsp3) is 0.375. The second-order valence-corrected chi connectivity index (χ2v) is 2.18. The van der Waals surface area contributed by atoms with Gasteiger partial charge in [-0.05, 0) is 12.2 Å². The number of hydrogen-bond donors (Lipinski definition) is 0. The van der Waals surface area contributed by atoms with Gasteiger partial charge in [-0.2, -0.15) is 6.08 Å². The molecule has 0 aliphatic heterocycles. The first-order chi connectivity index (χ1) is 4.18. The van der Waals surface area contributed by atoms with Crippen molar-refractivity contribution < 1.29 is 37.5 Å². The van der Waals surface area contributed by atoms with Crippen LogP contribution in [0, 0.1) is 5.92 Å². The van der Waals surface area contributed by atoms with E-state index in [0.717, 1.165) is 5.57 Å². The van der Waals surface area contributed by atoms with E-state index in [1.54, 1.807) is 12.4 Å². The number of carbonyl (C=O) groups excluding carboxylic acids is 1. The number of allylic oxidation sites excluding steroid dienone is 3. The zero-order valence-electron chi connectivity index (χ0n) is 6.42. The van der Waals surface area contributed by atoms with Gasteiger partial charge in [0.1, 0.15) is 0 Å². The largest absolute Gasteiger partial charge is 0.419 e. The first-order valence-electron chi connectivity index (χ1n) is 2.91. The van der Waals surface area contributed by atoms with Gasteiger partial charge in [0.25, 0.3) is 0 Å². The van der Waals surface area contributed by atoms with E-state index in [2.05, 4.69) is 6.58 Å². The molecule has 0 amide bonds. The molecule has 0 unspecified atom stereocenters. The molecule has 0 aromatic rings. The smallest absolute Gasteiger partial charge is 0 e. The molecule has 1 radical (unpaired) electrons. The Labute approximate surface area is 87.5 Å². The van der Waals surface area contributed by atoms with Crippen molar-refractivity contribution in [1.82, 2.24) is 0 Å². The van der Waals surface area contributed by atoms with E-state index in [4.69, 9.17) is 0 Å². The Kier molecular flexibility index (Phi) is 9.49. The summed E-state index contributed by atoms with van der Waals surface area (Å²) in [7, 11) is 0. The monoisotopic (exact) mass is 212 g/mol. The maximum atomic E-state index is 9.68. The van der Waals surface area contributed by atoms with Crippen molar-refractivity contribution in [2.45, 2.75) is 13.8 Å². The maximum Gasteiger partial charge on any atom is 0 e. The summed E-state index contributed by atoms with van der Waals surface area (Å²) in [5.41, 5.74) is 0.957. The summed E-state index contributed by atoms with van der Waals surface area (Å²) in [6.45, 7) is 7.78. The molecule has 0 atom stereocenters. The molecule has 10 heavy (non-hydrogen) atoms. The fourth-order valence-corrected chi connectivity index (χ4v) is 0.334. The van der Waals surface area contributed by atoms with Crippen molar-refractivity contribution in [2.24, 2.45) is 5.92 Å². The third-order valence-electron chi connectivity index (χ3n) is 1.11. The van der Waals surface area contributed by atoms with Crippen LogP contribution in [0.15, 0.2) is 24.3 Å². The molecule has 0 fully saturated rings. The summed E-state index contributed by atoms with van der Waals surface area (Å²) < 4.78 is 0. The van der Waals surface area contributed by atoms with Gasteiger partial charge in [-0.25, -0.2) is 6.08 Å². The summed E-state index contributed by atoms with van der Waals surface area (Å²) in [6, 6.07) is 0. The van der Waals surface area contributed by atoms with Gasteiger partial charge in [-0.1, -0.05) is 13.8 Å². The molecule has 0 rings (SSSR count). The molecule has 0 aliphatic rings. The molecule has 0 bridgehead atoms. The molecule has 1 nitrogen and oxygen atoms in total. The predicted octanol–water partition coefficient (Wildman–Crippen LogP) is 1.86. The Hall–Kier alpha value is 0.254. The second-order valence-electron chi connectivity index (χ2n) is 2.18. The Bertz CT molecular complexity index is 136. The van der Waals surface area contributed by atoms with Crippen LogP contribution < -0.4 is 0 Å². The molecule has 0 saturated carbocycles. The minimum absolute atomic E-state index is 0. The van der Waals surface area contributed by atoms with E-state index in [-0.39, 0.29) is 32.7 Å². The molecular formula is C8H11OY-. The first-order valence-corrected chi connectivity index (χ1v) is 2.91. The number of rotatable bonds is 3. The van der Waals surface area contributed by atoms with Crippen LogP contribution >= 0.6 is 0 Å². The van der Waals surface area contributed by atoms with E-state index in [9.17, 15) is 4.79 Å². The van der Waals surface area contributed by atoms with Crippen LogP contribution in [-0.2, 0) is 37.5 Å². The summed E-state index contributed by atoms with van der Waals surface area (Å²) in [5, 5.41) is 0. The van der Waals surface area contributed by atoms with Crippen molar-refractivity contribution in [2.75, 3.05) is 0 Å². The fourth-order valence-electron chi connectivity index (χ4n) is 0.334. The van der Waals surface area contributed by atoms with E-state index >= 15 is 0 Å². The van der Waals surface area contributed by atoms with Crippen LogP contribution in [0.25, 0.3) is 0 Å². The molecule has 0 N–H and O–H groups in total. The summed E-state index contributed by atoms with van der Waals surface area (Å²) >= 11 is 0. The van der Waals surface area contributed by atoms with Crippen molar-refractivity contribution in [3.05, 3.63) is 24.3 Å². The molecule has 2 heteroatoms. The third kappa shape index (κ3) is 6.38. The molecule has 0 saturated heterocycles.